The van der Waals surface area contributed by atoms with Gasteiger partial charge in [-0.3, -0.25) is 0 Å². The van der Waals surface area contributed by atoms with Gasteiger partial charge in [0.15, 0.2) is 13.9 Å². The van der Waals surface area contributed by atoms with Gasteiger partial charge >= 0.3 is 0 Å². The average molecular weight is 263 g/mol. The van der Waals surface area contributed by atoms with Crippen LogP contribution in [0.3, 0.4) is 0 Å². The zero-order chi connectivity index (χ0) is 13.8. The number of hydrogen-bond acceptors (Lipinski definition) is 3. The quantitative estimate of drug-likeness (QED) is 0.761. The van der Waals surface area contributed by atoms with E-state index in [0.29, 0.717) is 6.42 Å². The Balaban J connectivity index is 3.14. The van der Waals surface area contributed by atoms with Crippen molar-refractivity contribution in [1.29, 1.82) is 5.26 Å². The van der Waals surface area contributed by atoms with Crippen LogP contribution in [-0.2, 0) is 10.0 Å². The van der Waals surface area contributed by atoms with Gasteiger partial charge in [0.05, 0.1) is 7.11 Å². The second-order valence-electron chi connectivity index (χ2n) is 5.24. The van der Waals surface area contributed by atoms with E-state index in [9.17, 15) is 5.26 Å². The first-order valence-electron chi connectivity index (χ1n) is 6.13. The van der Waals surface area contributed by atoms with Gasteiger partial charge in [-0.2, -0.15) is 5.26 Å². The van der Waals surface area contributed by atoms with Gasteiger partial charge in [-0.1, -0.05) is 19.1 Å². The Morgan fingerprint density at radius 1 is 1.22 bits per heavy atom. The first kappa shape index (κ1) is 14.7. The highest BCUT2D eigenvalue weighted by Gasteiger charge is 2.36. The first-order valence-corrected chi connectivity index (χ1v) is 9.53. The van der Waals surface area contributed by atoms with Crippen molar-refractivity contribution < 1.29 is 9.16 Å². The van der Waals surface area contributed by atoms with E-state index in [1.54, 1.807) is 7.11 Å². The number of ether oxygens (including phenoxy) is 1. The van der Waals surface area contributed by atoms with E-state index in [2.05, 4.69) is 25.7 Å². The first-order chi connectivity index (χ1) is 8.37. The molecule has 0 aromatic heterocycles. The summed E-state index contributed by atoms with van der Waals surface area (Å²) < 4.78 is 11.3. The summed E-state index contributed by atoms with van der Waals surface area (Å²) in [6, 6.07) is 9.90. The standard InChI is InChI=1S/C14H21NO2Si/c1-6-14(11-15,17-18(3,4)5)12-7-9-13(16-2)10-8-12/h7-10H,6H2,1-5H3. The van der Waals surface area contributed by atoms with Crippen LogP contribution in [0, 0.1) is 11.3 Å². The molecule has 0 aliphatic carbocycles. The topological polar surface area (TPSA) is 42.2 Å². The van der Waals surface area contributed by atoms with Crippen LogP contribution < -0.4 is 4.74 Å². The average Bonchev–Trinajstić information content (AvgIpc) is 2.35. The highest BCUT2D eigenvalue weighted by Crippen LogP contribution is 2.33. The molecule has 0 N–H and O–H groups in total. The fraction of sp³-hybridized carbons (Fsp3) is 0.500. The van der Waals surface area contributed by atoms with Crippen LogP contribution >= 0.6 is 0 Å². The van der Waals surface area contributed by atoms with Crippen molar-refractivity contribution >= 4 is 8.32 Å². The molecule has 1 unspecified atom stereocenters. The summed E-state index contributed by atoms with van der Waals surface area (Å²) in [6.45, 7) is 8.27. The van der Waals surface area contributed by atoms with Crippen molar-refractivity contribution in [2.24, 2.45) is 0 Å². The predicted octanol–water partition coefficient (Wildman–Crippen LogP) is 3.68. The molecule has 3 nitrogen and oxygen atoms in total. The lowest BCUT2D eigenvalue weighted by atomic mass is 9.93. The van der Waals surface area contributed by atoms with E-state index in [1.807, 2.05) is 31.2 Å². The number of methoxy groups -OCH3 is 1. The fourth-order valence-corrected chi connectivity index (χ4v) is 3.24. The Hall–Kier alpha value is -1.31. The molecule has 0 saturated heterocycles. The zero-order valence-electron chi connectivity index (χ0n) is 11.8. The lowest BCUT2D eigenvalue weighted by Crippen LogP contribution is -2.39. The Morgan fingerprint density at radius 2 is 1.78 bits per heavy atom. The smallest absolute Gasteiger partial charge is 0.186 e. The van der Waals surface area contributed by atoms with E-state index >= 15 is 0 Å². The molecule has 1 aromatic carbocycles. The molecule has 1 rings (SSSR count). The van der Waals surface area contributed by atoms with Crippen molar-refractivity contribution in [3.05, 3.63) is 29.8 Å². The summed E-state index contributed by atoms with van der Waals surface area (Å²) in [4.78, 5) is 0. The van der Waals surface area contributed by atoms with Gasteiger partial charge < -0.3 is 9.16 Å². The third-order valence-corrected chi connectivity index (χ3v) is 3.68. The van der Waals surface area contributed by atoms with Gasteiger partial charge in [-0.05, 0) is 43.8 Å². The van der Waals surface area contributed by atoms with Crippen molar-refractivity contribution in [2.75, 3.05) is 7.11 Å². The molecule has 1 aromatic rings. The molecule has 0 aliphatic rings. The van der Waals surface area contributed by atoms with Crippen LogP contribution in [-0.4, -0.2) is 15.4 Å². The fourth-order valence-electron chi connectivity index (χ4n) is 1.88. The molecule has 0 radical (unpaired) electrons. The summed E-state index contributed by atoms with van der Waals surface area (Å²) in [7, 11) is -0.163. The van der Waals surface area contributed by atoms with Gasteiger partial charge in [0.1, 0.15) is 11.8 Å². The normalized spacial score (nSPS) is 14.7. The molecule has 0 aliphatic heterocycles. The molecule has 0 amide bonds. The SMILES string of the molecule is CCC(C#N)(O[Si](C)(C)C)c1ccc(OC)cc1. The van der Waals surface area contributed by atoms with Gasteiger partial charge in [0.2, 0.25) is 0 Å². The Kier molecular flexibility index (Phi) is 4.55. The molecule has 0 heterocycles. The van der Waals surface area contributed by atoms with Crippen LogP contribution in [0.2, 0.25) is 19.6 Å². The minimum Gasteiger partial charge on any atom is -0.497 e. The molecule has 0 fully saturated rings. The van der Waals surface area contributed by atoms with Gasteiger partial charge in [0, 0.05) is 0 Å². The Bertz CT molecular complexity index is 431. The number of rotatable bonds is 5. The van der Waals surface area contributed by atoms with Gasteiger partial charge in [0.25, 0.3) is 0 Å². The summed E-state index contributed by atoms with van der Waals surface area (Å²) in [5.41, 5.74) is 0.0623. The maximum absolute atomic E-state index is 9.54. The number of benzene rings is 1. The molecular weight excluding hydrogens is 242 g/mol. The molecule has 1 atom stereocenters. The molecule has 4 heteroatoms. The van der Waals surface area contributed by atoms with Crippen LogP contribution in [0.25, 0.3) is 0 Å². The zero-order valence-corrected chi connectivity index (χ0v) is 12.8. The van der Waals surface area contributed by atoms with Crippen molar-refractivity contribution in [2.45, 2.75) is 38.6 Å². The second kappa shape index (κ2) is 5.55. The van der Waals surface area contributed by atoms with Crippen molar-refractivity contribution in [3.63, 3.8) is 0 Å². The lowest BCUT2D eigenvalue weighted by Gasteiger charge is -2.33. The maximum atomic E-state index is 9.54. The molecular formula is C14H21NO2Si. The largest absolute Gasteiger partial charge is 0.497 e. The van der Waals surface area contributed by atoms with E-state index in [0.717, 1.165) is 11.3 Å². The molecule has 98 valence electrons. The van der Waals surface area contributed by atoms with Crippen LogP contribution in [0.4, 0.5) is 0 Å². The summed E-state index contributed by atoms with van der Waals surface area (Å²) >= 11 is 0. The minimum atomic E-state index is -1.79. The third-order valence-electron chi connectivity index (χ3n) is 2.72. The van der Waals surface area contributed by atoms with E-state index in [4.69, 9.17) is 9.16 Å². The van der Waals surface area contributed by atoms with Crippen LogP contribution in [0.5, 0.6) is 5.75 Å². The van der Waals surface area contributed by atoms with E-state index < -0.39 is 13.9 Å². The second-order valence-corrected chi connectivity index (χ2v) is 9.66. The molecule has 18 heavy (non-hydrogen) atoms. The molecule has 0 bridgehead atoms. The molecule has 0 saturated carbocycles. The number of hydrogen-bond donors (Lipinski definition) is 0. The van der Waals surface area contributed by atoms with Crippen LogP contribution in [0.1, 0.15) is 18.9 Å². The highest BCUT2D eigenvalue weighted by atomic mass is 28.4. The third kappa shape index (κ3) is 3.34. The minimum absolute atomic E-state index is 0.639. The Morgan fingerprint density at radius 3 is 2.11 bits per heavy atom. The molecule has 0 spiro atoms. The maximum Gasteiger partial charge on any atom is 0.186 e. The van der Waals surface area contributed by atoms with Crippen molar-refractivity contribution in [1.82, 2.24) is 0 Å². The van der Waals surface area contributed by atoms with Crippen molar-refractivity contribution in [3.8, 4) is 11.8 Å². The highest BCUT2D eigenvalue weighted by molar-refractivity contribution is 6.69. The predicted molar refractivity (Wildman–Crippen MR) is 75.0 cm³/mol. The van der Waals surface area contributed by atoms with Gasteiger partial charge in [-0.15, -0.1) is 0 Å². The summed E-state index contributed by atoms with van der Waals surface area (Å²) in [5.74, 6) is 0.787. The van der Waals surface area contributed by atoms with E-state index in [1.165, 1.54) is 0 Å². The van der Waals surface area contributed by atoms with Crippen LogP contribution in [0.15, 0.2) is 24.3 Å². The lowest BCUT2D eigenvalue weighted by molar-refractivity contribution is 0.114. The Labute approximate surface area is 110 Å². The van der Waals surface area contributed by atoms with Gasteiger partial charge in [-0.25, -0.2) is 0 Å². The summed E-state index contributed by atoms with van der Waals surface area (Å²) in [6.07, 6.45) is 0.639. The van der Waals surface area contributed by atoms with E-state index in [-0.39, 0.29) is 0 Å². The number of nitrogens with zero attached hydrogens (tertiary/aromatic N) is 1. The number of nitriles is 1. The summed E-state index contributed by atoms with van der Waals surface area (Å²) in [5, 5.41) is 9.54. The monoisotopic (exact) mass is 263 g/mol.